The minimum atomic E-state index is -0.187. The molecule has 22 heavy (non-hydrogen) atoms. The molecule has 0 rings (SSSR count). The molecule has 0 aromatic rings. The lowest BCUT2D eigenvalue weighted by Gasteiger charge is -2.09. The van der Waals surface area contributed by atoms with Crippen LogP contribution in [0.15, 0.2) is 0 Å². The molecule has 7 nitrogen and oxygen atoms in total. The Morgan fingerprint density at radius 3 is 1.82 bits per heavy atom. The Hall–Kier alpha value is -1.34. The van der Waals surface area contributed by atoms with Gasteiger partial charge in [0.05, 0.1) is 26.4 Å². The maximum absolute atomic E-state index is 11.2. The van der Waals surface area contributed by atoms with Crippen molar-refractivity contribution in [3.8, 4) is 0 Å². The molecule has 3 amide bonds. The molecule has 0 saturated heterocycles. The van der Waals surface area contributed by atoms with Crippen molar-refractivity contribution in [3.05, 3.63) is 0 Å². The Bertz CT molecular complexity index is 274. The average Bonchev–Trinajstić information content (AvgIpc) is 2.51. The first-order valence-corrected chi connectivity index (χ1v) is 8.02. The molecule has 0 spiro atoms. The molecule has 0 aliphatic heterocycles. The Kier molecular flexibility index (Phi) is 18.5. The lowest BCUT2D eigenvalue weighted by molar-refractivity contribution is -0.124. The van der Waals surface area contributed by atoms with Crippen LogP contribution >= 0.6 is 0 Å². The Labute approximate surface area is 134 Å². The number of hydrogen-bond donors (Lipinski definition) is 3. The van der Waals surface area contributed by atoms with E-state index >= 15 is 0 Å². The molecule has 0 atom stereocenters. The summed E-state index contributed by atoms with van der Waals surface area (Å²) in [6.07, 6.45) is 0. The summed E-state index contributed by atoms with van der Waals surface area (Å²) in [5.41, 5.74) is 0. The van der Waals surface area contributed by atoms with Crippen LogP contribution in [0.25, 0.3) is 0 Å². The minimum absolute atomic E-state index is 0.00394. The van der Waals surface area contributed by atoms with Gasteiger partial charge >= 0.3 is 6.03 Å². The zero-order chi connectivity index (χ0) is 17.2. The van der Waals surface area contributed by atoms with Crippen molar-refractivity contribution in [2.24, 2.45) is 5.92 Å². The zero-order valence-corrected chi connectivity index (χ0v) is 14.7. The van der Waals surface area contributed by atoms with Gasteiger partial charge in [0.15, 0.2) is 0 Å². The topological polar surface area (TPSA) is 88.7 Å². The summed E-state index contributed by atoms with van der Waals surface area (Å²) < 4.78 is 10.6. The van der Waals surface area contributed by atoms with E-state index in [1.807, 2.05) is 34.6 Å². The fourth-order valence-corrected chi connectivity index (χ4v) is 1.23. The summed E-state index contributed by atoms with van der Waals surface area (Å²) in [5.74, 6) is 0.0250. The molecule has 0 bridgehead atoms. The van der Waals surface area contributed by atoms with Gasteiger partial charge in [-0.2, -0.15) is 0 Å². The van der Waals surface area contributed by atoms with Crippen molar-refractivity contribution in [2.75, 3.05) is 46.1 Å². The molecule has 0 aliphatic carbocycles. The first kappa shape index (κ1) is 22.9. The smallest absolute Gasteiger partial charge is 0.314 e. The lowest BCUT2D eigenvalue weighted by Crippen LogP contribution is -2.37. The second-order valence-corrected chi connectivity index (χ2v) is 4.46. The second kappa shape index (κ2) is 17.7. The van der Waals surface area contributed by atoms with E-state index in [4.69, 9.17) is 9.47 Å². The number of carbonyl (C=O) groups is 2. The van der Waals surface area contributed by atoms with Gasteiger partial charge in [-0.1, -0.05) is 27.7 Å². The molecule has 132 valence electrons. The van der Waals surface area contributed by atoms with Crippen LogP contribution in [0.2, 0.25) is 0 Å². The van der Waals surface area contributed by atoms with Gasteiger partial charge in [-0.3, -0.25) is 4.79 Å². The number of rotatable bonds is 11. The zero-order valence-electron chi connectivity index (χ0n) is 14.7. The van der Waals surface area contributed by atoms with Crippen molar-refractivity contribution in [3.63, 3.8) is 0 Å². The summed E-state index contributed by atoms with van der Waals surface area (Å²) in [6.45, 7) is 13.0. The molecule has 0 aromatic heterocycles. The van der Waals surface area contributed by atoms with Crippen LogP contribution in [0.4, 0.5) is 4.79 Å². The highest BCUT2D eigenvalue weighted by molar-refractivity contribution is 5.77. The molecule has 7 heteroatoms. The van der Waals surface area contributed by atoms with Crippen LogP contribution in [0.1, 0.15) is 34.6 Å². The maximum Gasteiger partial charge on any atom is 0.314 e. The number of hydrogen-bond acceptors (Lipinski definition) is 4. The predicted octanol–water partition coefficient (Wildman–Crippen LogP) is 1.14. The van der Waals surface area contributed by atoms with Gasteiger partial charge in [-0.25, -0.2) is 4.79 Å². The van der Waals surface area contributed by atoms with Crippen LogP contribution in [0.5, 0.6) is 0 Å². The molecular formula is C15H33N3O4. The van der Waals surface area contributed by atoms with Crippen LogP contribution < -0.4 is 16.0 Å². The molecule has 0 unspecified atom stereocenters. The van der Waals surface area contributed by atoms with Gasteiger partial charge < -0.3 is 25.4 Å². The summed E-state index contributed by atoms with van der Waals surface area (Å²) in [6, 6.07) is -0.187. The summed E-state index contributed by atoms with van der Waals surface area (Å²) in [7, 11) is 0. The highest BCUT2D eigenvalue weighted by atomic mass is 16.5. The summed E-state index contributed by atoms with van der Waals surface area (Å²) >= 11 is 0. The van der Waals surface area contributed by atoms with Crippen LogP contribution in [0, 0.1) is 5.92 Å². The number of urea groups is 1. The van der Waals surface area contributed by atoms with Crippen molar-refractivity contribution in [1.82, 2.24) is 16.0 Å². The quantitative estimate of drug-likeness (QED) is 0.498. The van der Waals surface area contributed by atoms with E-state index in [0.717, 1.165) is 0 Å². The first-order valence-electron chi connectivity index (χ1n) is 8.02. The van der Waals surface area contributed by atoms with Gasteiger partial charge in [0.2, 0.25) is 5.91 Å². The number of carbonyl (C=O) groups excluding carboxylic acids is 2. The molecular weight excluding hydrogens is 286 g/mol. The normalized spacial score (nSPS) is 9.73. The molecule has 0 heterocycles. The monoisotopic (exact) mass is 319 g/mol. The summed E-state index contributed by atoms with van der Waals surface area (Å²) in [4.78, 5) is 22.2. The van der Waals surface area contributed by atoms with Crippen LogP contribution in [-0.4, -0.2) is 58.0 Å². The third kappa shape index (κ3) is 16.7. The van der Waals surface area contributed by atoms with E-state index in [1.54, 1.807) is 0 Å². The number of ether oxygens (including phenoxy) is 2. The molecule has 0 radical (unpaired) electrons. The van der Waals surface area contributed by atoms with Crippen molar-refractivity contribution in [2.45, 2.75) is 34.6 Å². The molecule has 3 N–H and O–H groups in total. The van der Waals surface area contributed by atoms with Crippen LogP contribution in [-0.2, 0) is 14.3 Å². The van der Waals surface area contributed by atoms with E-state index in [0.29, 0.717) is 46.1 Å². The third-order valence-electron chi connectivity index (χ3n) is 2.31. The Morgan fingerprint density at radius 1 is 0.864 bits per heavy atom. The minimum Gasteiger partial charge on any atom is -0.377 e. The van der Waals surface area contributed by atoms with Gasteiger partial charge in [0, 0.05) is 25.6 Å². The largest absolute Gasteiger partial charge is 0.377 e. The fourth-order valence-electron chi connectivity index (χ4n) is 1.23. The Balaban J connectivity index is 0. The second-order valence-electron chi connectivity index (χ2n) is 4.46. The standard InChI is InChI=1S/C13H27N3O4.C2H6/c1-4-14-13(18)16-6-8-20-10-9-19-7-5-15-12(17)11(2)3;1-2/h11H,4-10H2,1-3H3,(H,15,17)(H2,14,16,18);1-2H3. The SMILES string of the molecule is CC.CCNC(=O)NCCOCCOCCNC(=O)C(C)C. The fraction of sp³-hybridized carbons (Fsp3) is 0.867. The van der Waals surface area contributed by atoms with Gasteiger partial charge in [0.1, 0.15) is 0 Å². The lowest BCUT2D eigenvalue weighted by atomic mass is 10.2. The van der Waals surface area contributed by atoms with E-state index < -0.39 is 0 Å². The van der Waals surface area contributed by atoms with Crippen molar-refractivity contribution in [1.29, 1.82) is 0 Å². The van der Waals surface area contributed by atoms with Crippen LogP contribution in [0.3, 0.4) is 0 Å². The average molecular weight is 319 g/mol. The Morgan fingerprint density at radius 2 is 1.36 bits per heavy atom. The van der Waals surface area contributed by atoms with E-state index in [2.05, 4.69) is 16.0 Å². The molecule has 0 aliphatic rings. The van der Waals surface area contributed by atoms with E-state index in [9.17, 15) is 9.59 Å². The van der Waals surface area contributed by atoms with Gasteiger partial charge in [0.25, 0.3) is 0 Å². The molecule has 0 aromatic carbocycles. The summed E-state index contributed by atoms with van der Waals surface area (Å²) in [5, 5.41) is 8.04. The van der Waals surface area contributed by atoms with Crippen molar-refractivity contribution < 1.29 is 19.1 Å². The van der Waals surface area contributed by atoms with Gasteiger partial charge in [-0.15, -0.1) is 0 Å². The highest BCUT2D eigenvalue weighted by Crippen LogP contribution is 1.89. The predicted molar refractivity (Wildman–Crippen MR) is 87.9 cm³/mol. The van der Waals surface area contributed by atoms with E-state index in [1.165, 1.54) is 0 Å². The number of amides is 3. The third-order valence-corrected chi connectivity index (χ3v) is 2.31. The van der Waals surface area contributed by atoms with Gasteiger partial charge in [-0.05, 0) is 6.92 Å². The molecule has 0 fully saturated rings. The maximum atomic E-state index is 11.2. The van der Waals surface area contributed by atoms with E-state index in [-0.39, 0.29) is 17.9 Å². The first-order chi connectivity index (χ1) is 10.6. The van der Waals surface area contributed by atoms with Crippen molar-refractivity contribution >= 4 is 11.9 Å². The highest BCUT2D eigenvalue weighted by Gasteiger charge is 2.04. The molecule has 0 saturated carbocycles. The number of nitrogens with one attached hydrogen (secondary N) is 3.